The molecule has 2 aromatic rings. The third-order valence-corrected chi connectivity index (χ3v) is 3.36. The van der Waals surface area contributed by atoms with Gasteiger partial charge in [-0.2, -0.15) is 0 Å². The Morgan fingerprint density at radius 1 is 1.45 bits per heavy atom. The van der Waals surface area contributed by atoms with Gasteiger partial charge in [0.2, 0.25) is 5.91 Å². The van der Waals surface area contributed by atoms with Gasteiger partial charge in [0.15, 0.2) is 0 Å². The highest BCUT2D eigenvalue weighted by Crippen LogP contribution is 2.22. The molecule has 0 fully saturated rings. The maximum atomic E-state index is 11.5. The van der Waals surface area contributed by atoms with E-state index < -0.39 is 0 Å². The van der Waals surface area contributed by atoms with Gasteiger partial charge < -0.3 is 15.0 Å². The van der Waals surface area contributed by atoms with E-state index in [1.807, 2.05) is 31.3 Å². The molecule has 0 bridgehead atoms. The molecule has 0 aliphatic carbocycles. The van der Waals surface area contributed by atoms with Crippen molar-refractivity contribution in [2.45, 2.75) is 19.8 Å². The molecule has 20 heavy (non-hydrogen) atoms. The second-order valence-corrected chi connectivity index (χ2v) is 4.99. The first-order valence-corrected chi connectivity index (χ1v) is 7.18. The Labute approximate surface area is 123 Å². The van der Waals surface area contributed by atoms with Crippen LogP contribution in [0.15, 0.2) is 24.4 Å². The smallest absolute Gasteiger partial charge is 0.222 e. The predicted molar refractivity (Wildman–Crippen MR) is 81.1 cm³/mol. The van der Waals surface area contributed by atoms with E-state index in [0.29, 0.717) is 26.2 Å². The van der Waals surface area contributed by atoms with Gasteiger partial charge in [0.1, 0.15) is 0 Å². The number of H-pyrrole nitrogens is 1. The summed E-state index contributed by atoms with van der Waals surface area (Å²) in [4.78, 5) is 14.7. The number of halogens is 1. The van der Waals surface area contributed by atoms with E-state index in [9.17, 15) is 4.79 Å². The number of ether oxygens (including phenoxy) is 1. The molecule has 2 N–H and O–H groups in total. The molecule has 2 rings (SSSR count). The lowest BCUT2D eigenvalue weighted by Gasteiger charge is -2.05. The monoisotopic (exact) mass is 294 g/mol. The molecule has 1 heterocycles. The highest BCUT2D eigenvalue weighted by atomic mass is 35.5. The Hall–Kier alpha value is -1.52. The number of carbonyl (C=O) groups excluding carboxylic acids is 1. The lowest BCUT2D eigenvalue weighted by atomic mass is 10.1. The van der Waals surface area contributed by atoms with Crippen LogP contribution in [0.4, 0.5) is 0 Å². The summed E-state index contributed by atoms with van der Waals surface area (Å²) in [6.07, 6.45) is 3.15. The Morgan fingerprint density at radius 3 is 3.10 bits per heavy atom. The SMILES string of the molecule is CCOCCC(=O)NCCc1c[nH]c2ccc(Cl)cc12. The fraction of sp³-hybridized carbons (Fsp3) is 0.400. The van der Waals surface area contributed by atoms with Crippen molar-refractivity contribution in [2.24, 2.45) is 0 Å². The van der Waals surface area contributed by atoms with E-state index >= 15 is 0 Å². The van der Waals surface area contributed by atoms with Crippen LogP contribution in [0.25, 0.3) is 10.9 Å². The Kier molecular flexibility index (Phi) is 5.44. The van der Waals surface area contributed by atoms with Gasteiger partial charge in [-0.1, -0.05) is 11.6 Å². The number of nitrogens with one attached hydrogen (secondary N) is 2. The van der Waals surface area contributed by atoms with Crippen molar-refractivity contribution in [2.75, 3.05) is 19.8 Å². The van der Waals surface area contributed by atoms with Crippen molar-refractivity contribution < 1.29 is 9.53 Å². The summed E-state index contributed by atoms with van der Waals surface area (Å²) in [5.74, 6) is 0.0244. The first-order chi connectivity index (χ1) is 9.70. The van der Waals surface area contributed by atoms with Crippen LogP contribution in [0.5, 0.6) is 0 Å². The summed E-state index contributed by atoms with van der Waals surface area (Å²) in [7, 11) is 0. The minimum atomic E-state index is 0.0244. The molecule has 5 heteroatoms. The number of aromatic nitrogens is 1. The van der Waals surface area contributed by atoms with Gasteiger partial charge in [-0.25, -0.2) is 0 Å². The second-order valence-electron chi connectivity index (χ2n) is 4.55. The number of benzene rings is 1. The van der Waals surface area contributed by atoms with Crippen LogP contribution in [0, 0.1) is 0 Å². The van der Waals surface area contributed by atoms with E-state index in [1.165, 1.54) is 0 Å². The van der Waals surface area contributed by atoms with E-state index in [1.54, 1.807) is 0 Å². The molecule has 1 aromatic carbocycles. The largest absolute Gasteiger partial charge is 0.381 e. The Balaban J connectivity index is 1.84. The summed E-state index contributed by atoms with van der Waals surface area (Å²) in [6.45, 7) is 3.65. The maximum absolute atomic E-state index is 11.5. The van der Waals surface area contributed by atoms with E-state index in [0.717, 1.165) is 27.9 Å². The molecule has 0 aliphatic heterocycles. The highest BCUT2D eigenvalue weighted by molar-refractivity contribution is 6.31. The van der Waals surface area contributed by atoms with Gasteiger partial charge >= 0.3 is 0 Å². The average molecular weight is 295 g/mol. The van der Waals surface area contributed by atoms with Crippen LogP contribution in [0.3, 0.4) is 0 Å². The molecular weight excluding hydrogens is 276 g/mol. The molecule has 4 nitrogen and oxygen atoms in total. The molecule has 1 aromatic heterocycles. The molecule has 0 radical (unpaired) electrons. The lowest BCUT2D eigenvalue weighted by Crippen LogP contribution is -2.26. The summed E-state index contributed by atoms with van der Waals surface area (Å²) in [5.41, 5.74) is 2.22. The van der Waals surface area contributed by atoms with Crippen LogP contribution >= 0.6 is 11.6 Å². The summed E-state index contributed by atoms with van der Waals surface area (Å²) >= 11 is 6.01. The van der Waals surface area contributed by atoms with Crippen LogP contribution in [0.2, 0.25) is 5.02 Å². The Morgan fingerprint density at radius 2 is 2.30 bits per heavy atom. The lowest BCUT2D eigenvalue weighted by molar-refractivity contribution is -0.122. The van der Waals surface area contributed by atoms with Crippen molar-refractivity contribution in [3.05, 3.63) is 35.0 Å². The van der Waals surface area contributed by atoms with E-state index in [-0.39, 0.29) is 5.91 Å². The quantitative estimate of drug-likeness (QED) is 0.772. The zero-order valence-corrected chi connectivity index (χ0v) is 12.3. The molecular formula is C15H19ClN2O2. The molecule has 108 valence electrons. The van der Waals surface area contributed by atoms with Crippen LogP contribution < -0.4 is 5.32 Å². The van der Waals surface area contributed by atoms with Gasteiger partial charge in [-0.05, 0) is 37.1 Å². The van der Waals surface area contributed by atoms with Gasteiger partial charge in [0.05, 0.1) is 6.61 Å². The molecule has 1 amide bonds. The standard InChI is InChI=1S/C15H19ClN2O2/c1-2-20-8-6-15(19)17-7-5-11-10-18-14-4-3-12(16)9-13(11)14/h3-4,9-10,18H,2,5-8H2,1H3,(H,17,19). The Bertz CT molecular complexity index is 580. The number of amides is 1. The summed E-state index contributed by atoms with van der Waals surface area (Å²) in [5, 5.41) is 4.73. The van der Waals surface area contributed by atoms with Crippen molar-refractivity contribution in [1.82, 2.24) is 10.3 Å². The van der Waals surface area contributed by atoms with Crippen LogP contribution in [-0.4, -0.2) is 30.6 Å². The van der Waals surface area contributed by atoms with Crippen LogP contribution in [-0.2, 0) is 16.0 Å². The predicted octanol–water partition coefficient (Wildman–Crippen LogP) is 2.91. The molecule has 0 spiro atoms. The fourth-order valence-electron chi connectivity index (χ4n) is 2.09. The van der Waals surface area contributed by atoms with Crippen LogP contribution in [0.1, 0.15) is 18.9 Å². The van der Waals surface area contributed by atoms with Gasteiger partial charge in [-0.15, -0.1) is 0 Å². The minimum absolute atomic E-state index is 0.0244. The number of fused-ring (bicyclic) bond motifs is 1. The average Bonchev–Trinajstić information content (AvgIpc) is 2.82. The van der Waals surface area contributed by atoms with E-state index in [2.05, 4.69) is 10.3 Å². The summed E-state index contributed by atoms with van der Waals surface area (Å²) in [6, 6.07) is 5.77. The number of hydrogen-bond donors (Lipinski definition) is 2. The topological polar surface area (TPSA) is 54.1 Å². The normalized spacial score (nSPS) is 10.9. The van der Waals surface area contributed by atoms with Gasteiger partial charge in [0.25, 0.3) is 0 Å². The van der Waals surface area contributed by atoms with Crippen molar-refractivity contribution in [3.8, 4) is 0 Å². The number of rotatable bonds is 7. The molecule has 0 saturated heterocycles. The first kappa shape index (κ1) is 14.9. The van der Waals surface area contributed by atoms with Crippen molar-refractivity contribution in [3.63, 3.8) is 0 Å². The highest BCUT2D eigenvalue weighted by Gasteiger charge is 2.05. The zero-order chi connectivity index (χ0) is 14.4. The molecule has 0 atom stereocenters. The first-order valence-electron chi connectivity index (χ1n) is 6.80. The molecule has 0 unspecified atom stereocenters. The number of aromatic amines is 1. The van der Waals surface area contributed by atoms with Gasteiger partial charge in [-0.3, -0.25) is 4.79 Å². The second kappa shape index (κ2) is 7.31. The number of carbonyl (C=O) groups is 1. The van der Waals surface area contributed by atoms with Crippen molar-refractivity contribution >= 4 is 28.4 Å². The summed E-state index contributed by atoms with van der Waals surface area (Å²) < 4.78 is 5.15. The van der Waals surface area contributed by atoms with Crippen molar-refractivity contribution in [1.29, 1.82) is 0 Å². The number of hydrogen-bond acceptors (Lipinski definition) is 2. The third-order valence-electron chi connectivity index (χ3n) is 3.12. The molecule has 0 saturated carbocycles. The maximum Gasteiger partial charge on any atom is 0.222 e. The fourth-order valence-corrected chi connectivity index (χ4v) is 2.26. The van der Waals surface area contributed by atoms with E-state index in [4.69, 9.17) is 16.3 Å². The molecule has 0 aliphatic rings. The van der Waals surface area contributed by atoms with Gasteiger partial charge in [0, 0.05) is 41.7 Å². The minimum Gasteiger partial charge on any atom is -0.381 e. The third kappa shape index (κ3) is 3.99. The zero-order valence-electron chi connectivity index (χ0n) is 11.5.